The number of rotatable bonds is 6. The summed E-state index contributed by atoms with van der Waals surface area (Å²) >= 11 is 1.46. The Labute approximate surface area is 124 Å². The molecule has 2 rings (SSSR count). The van der Waals surface area contributed by atoms with Crippen LogP contribution >= 0.6 is 11.8 Å². The van der Waals surface area contributed by atoms with Gasteiger partial charge < -0.3 is 10.5 Å². The number of benzene rings is 1. The fraction of sp³-hybridized carbons (Fsp3) is 0.538. The van der Waals surface area contributed by atoms with Crippen molar-refractivity contribution in [1.29, 1.82) is 0 Å². The molecule has 1 aromatic carbocycles. The first-order valence-electron chi connectivity index (χ1n) is 6.57. The SMILES string of the molecule is CC1OCCC1NS(=O)(=O)CCSc1ccccc1N. The highest BCUT2D eigenvalue weighted by Crippen LogP contribution is 2.24. The van der Waals surface area contributed by atoms with E-state index >= 15 is 0 Å². The summed E-state index contributed by atoms with van der Waals surface area (Å²) in [4.78, 5) is 0.917. The lowest BCUT2D eigenvalue weighted by molar-refractivity contribution is 0.117. The number of nitrogens with two attached hydrogens (primary N) is 1. The van der Waals surface area contributed by atoms with Crippen LogP contribution in [0.25, 0.3) is 0 Å². The molecule has 0 aromatic heterocycles. The van der Waals surface area contributed by atoms with Gasteiger partial charge in [0.05, 0.1) is 11.9 Å². The van der Waals surface area contributed by atoms with Gasteiger partial charge in [-0.25, -0.2) is 13.1 Å². The maximum absolute atomic E-state index is 12.0. The maximum atomic E-state index is 12.0. The van der Waals surface area contributed by atoms with Gasteiger partial charge in [-0.2, -0.15) is 0 Å². The van der Waals surface area contributed by atoms with Crippen LogP contribution in [0.2, 0.25) is 0 Å². The lowest BCUT2D eigenvalue weighted by atomic mass is 10.2. The second-order valence-electron chi connectivity index (χ2n) is 4.79. The average molecular weight is 316 g/mol. The number of hydrogen-bond donors (Lipinski definition) is 2. The van der Waals surface area contributed by atoms with Crippen LogP contribution in [0.5, 0.6) is 0 Å². The molecule has 7 heteroatoms. The molecule has 0 saturated carbocycles. The lowest BCUT2D eigenvalue weighted by Gasteiger charge is -2.16. The highest BCUT2D eigenvalue weighted by Gasteiger charge is 2.28. The molecular formula is C13H20N2O3S2. The second-order valence-corrected chi connectivity index (χ2v) is 7.80. The normalized spacial score (nSPS) is 23.1. The zero-order valence-corrected chi connectivity index (χ0v) is 13.0. The summed E-state index contributed by atoms with van der Waals surface area (Å²) in [7, 11) is -3.27. The van der Waals surface area contributed by atoms with E-state index < -0.39 is 10.0 Å². The Bertz CT molecular complexity index is 548. The average Bonchev–Trinajstić information content (AvgIpc) is 2.77. The van der Waals surface area contributed by atoms with Crippen LogP contribution in [0.1, 0.15) is 13.3 Å². The Balaban J connectivity index is 1.82. The molecule has 5 nitrogen and oxygen atoms in total. The molecule has 2 atom stereocenters. The van der Waals surface area contributed by atoms with Gasteiger partial charge in [-0.15, -0.1) is 11.8 Å². The van der Waals surface area contributed by atoms with E-state index in [1.807, 2.05) is 31.2 Å². The number of ether oxygens (including phenoxy) is 1. The Morgan fingerprint density at radius 1 is 1.45 bits per heavy atom. The fourth-order valence-electron chi connectivity index (χ4n) is 2.05. The van der Waals surface area contributed by atoms with Crippen molar-refractivity contribution in [2.24, 2.45) is 0 Å². The molecular weight excluding hydrogens is 296 g/mol. The summed E-state index contributed by atoms with van der Waals surface area (Å²) in [5.74, 6) is 0.556. The van der Waals surface area contributed by atoms with Gasteiger partial charge in [0, 0.05) is 29.0 Å². The molecule has 1 saturated heterocycles. The Hall–Kier alpha value is -0.760. The van der Waals surface area contributed by atoms with Crippen LogP contribution in [0, 0.1) is 0 Å². The minimum Gasteiger partial charge on any atom is -0.398 e. The molecule has 0 aliphatic carbocycles. The van der Waals surface area contributed by atoms with Crippen molar-refractivity contribution in [1.82, 2.24) is 4.72 Å². The number of anilines is 1. The quantitative estimate of drug-likeness (QED) is 0.613. The van der Waals surface area contributed by atoms with Crippen molar-refractivity contribution < 1.29 is 13.2 Å². The van der Waals surface area contributed by atoms with E-state index in [2.05, 4.69) is 4.72 Å². The Morgan fingerprint density at radius 3 is 2.85 bits per heavy atom. The van der Waals surface area contributed by atoms with E-state index in [1.54, 1.807) is 0 Å². The molecule has 1 aliphatic heterocycles. The van der Waals surface area contributed by atoms with E-state index in [9.17, 15) is 8.42 Å². The summed E-state index contributed by atoms with van der Waals surface area (Å²) in [5.41, 5.74) is 6.50. The van der Waals surface area contributed by atoms with Crippen LogP contribution in [0.3, 0.4) is 0 Å². The number of thioether (sulfide) groups is 1. The smallest absolute Gasteiger partial charge is 0.212 e. The second kappa shape index (κ2) is 6.80. The van der Waals surface area contributed by atoms with Gasteiger partial charge in [-0.1, -0.05) is 12.1 Å². The highest BCUT2D eigenvalue weighted by atomic mass is 32.2. The van der Waals surface area contributed by atoms with Crippen molar-refractivity contribution in [2.75, 3.05) is 23.8 Å². The number of nitrogen functional groups attached to an aromatic ring is 1. The molecule has 2 unspecified atom stereocenters. The van der Waals surface area contributed by atoms with Crippen LogP contribution in [-0.4, -0.2) is 38.7 Å². The van der Waals surface area contributed by atoms with Crippen molar-refractivity contribution >= 4 is 27.5 Å². The number of hydrogen-bond acceptors (Lipinski definition) is 5. The Kier molecular flexibility index (Phi) is 5.31. The van der Waals surface area contributed by atoms with Gasteiger partial charge in [0.25, 0.3) is 0 Å². The molecule has 0 amide bonds. The molecule has 3 N–H and O–H groups in total. The molecule has 0 radical (unpaired) electrons. The van der Waals surface area contributed by atoms with Gasteiger partial charge in [-0.05, 0) is 25.5 Å². The monoisotopic (exact) mass is 316 g/mol. The molecule has 1 heterocycles. The zero-order valence-electron chi connectivity index (χ0n) is 11.4. The molecule has 1 aromatic rings. The summed E-state index contributed by atoms with van der Waals surface area (Å²) in [6.07, 6.45) is 0.682. The number of para-hydroxylation sites is 1. The zero-order chi connectivity index (χ0) is 14.6. The molecule has 0 spiro atoms. The van der Waals surface area contributed by atoms with Crippen LogP contribution in [0.15, 0.2) is 29.2 Å². The molecule has 1 fully saturated rings. The van der Waals surface area contributed by atoms with Gasteiger partial charge in [0.15, 0.2) is 0 Å². The molecule has 1 aliphatic rings. The third-order valence-electron chi connectivity index (χ3n) is 3.24. The lowest BCUT2D eigenvalue weighted by Crippen LogP contribution is -2.40. The fourth-order valence-corrected chi connectivity index (χ4v) is 4.78. The summed E-state index contributed by atoms with van der Waals surface area (Å²) in [5, 5.41) is 0. The van der Waals surface area contributed by atoms with Crippen molar-refractivity contribution in [3.8, 4) is 0 Å². The largest absolute Gasteiger partial charge is 0.398 e. The topological polar surface area (TPSA) is 81.4 Å². The summed E-state index contributed by atoms with van der Waals surface area (Å²) < 4.78 is 32.1. The predicted molar refractivity (Wildman–Crippen MR) is 82.3 cm³/mol. The van der Waals surface area contributed by atoms with Crippen LogP contribution in [0.4, 0.5) is 5.69 Å². The first-order chi connectivity index (χ1) is 9.48. The van der Waals surface area contributed by atoms with Crippen molar-refractivity contribution in [3.05, 3.63) is 24.3 Å². The van der Waals surface area contributed by atoms with Crippen molar-refractivity contribution in [2.45, 2.75) is 30.4 Å². The first-order valence-corrected chi connectivity index (χ1v) is 9.20. The Morgan fingerprint density at radius 2 is 2.20 bits per heavy atom. The maximum Gasteiger partial charge on any atom is 0.212 e. The standard InChI is InChI=1S/C13H20N2O3S2/c1-10-12(6-7-18-10)15-20(16,17)9-8-19-13-5-3-2-4-11(13)14/h2-5,10,12,15H,6-9,14H2,1H3. The minimum absolute atomic E-state index is 0.0535. The van der Waals surface area contributed by atoms with E-state index in [0.717, 1.165) is 11.3 Å². The summed E-state index contributed by atoms with van der Waals surface area (Å²) in [6.45, 7) is 2.50. The third-order valence-corrected chi connectivity index (χ3v) is 5.99. The van der Waals surface area contributed by atoms with Crippen LogP contribution in [-0.2, 0) is 14.8 Å². The molecule has 112 valence electrons. The number of sulfonamides is 1. The van der Waals surface area contributed by atoms with Crippen LogP contribution < -0.4 is 10.5 Å². The highest BCUT2D eigenvalue weighted by molar-refractivity contribution is 8.00. The third kappa shape index (κ3) is 4.37. The number of nitrogens with one attached hydrogen (secondary N) is 1. The van der Waals surface area contributed by atoms with Gasteiger partial charge >= 0.3 is 0 Å². The molecule has 0 bridgehead atoms. The first kappa shape index (κ1) is 15.6. The predicted octanol–water partition coefficient (Wildman–Crippen LogP) is 1.46. The van der Waals surface area contributed by atoms with Gasteiger partial charge in [0.2, 0.25) is 10.0 Å². The van der Waals surface area contributed by atoms with Crippen molar-refractivity contribution in [3.63, 3.8) is 0 Å². The molecule has 20 heavy (non-hydrogen) atoms. The van der Waals surface area contributed by atoms with E-state index in [-0.39, 0.29) is 17.9 Å². The van der Waals surface area contributed by atoms with E-state index in [0.29, 0.717) is 18.0 Å². The van der Waals surface area contributed by atoms with E-state index in [4.69, 9.17) is 10.5 Å². The summed E-state index contributed by atoms with van der Waals surface area (Å²) in [6, 6.07) is 7.36. The van der Waals surface area contributed by atoms with Gasteiger partial charge in [-0.3, -0.25) is 0 Å². The van der Waals surface area contributed by atoms with E-state index in [1.165, 1.54) is 11.8 Å². The van der Waals surface area contributed by atoms with Gasteiger partial charge in [0.1, 0.15) is 0 Å². The minimum atomic E-state index is -3.27.